The van der Waals surface area contributed by atoms with Gasteiger partial charge in [0.15, 0.2) is 0 Å². The zero-order valence-electron chi connectivity index (χ0n) is 14.3. The minimum absolute atomic E-state index is 0.0938. The van der Waals surface area contributed by atoms with Crippen molar-refractivity contribution in [1.82, 2.24) is 5.32 Å². The molecule has 2 rings (SSSR count). The Bertz CT molecular complexity index is 729. The van der Waals surface area contributed by atoms with E-state index in [-0.39, 0.29) is 29.6 Å². The Morgan fingerprint density at radius 2 is 1.64 bits per heavy atom. The standard InChI is InChI=1S/C19H22FN3O2/c1-12(11-21)18(24)22-13(2)14-5-9-17(10-6-14)23-19(25)15-3-7-16(20)8-4-15/h3-10,12-13H,11,21H2,1-2H3,(H,22,24)(H,23,25). The SMILES string of the molecule is CC(CN)C(=O)NC(C)c1ccc(NC(=O)c2ccc(F)cc2)cc1. The molecule has 4 N–H and O–H groups in total. The highest BCUT2D eigenvalue weighted by atomic mass is 19.1. The molecule has 25 heavy (non-hydrogen) atoms. The third-order valence-corrected chi connectivity index (χ3v) is 3.93. The Labute approximate surface area is 146 Å². The van der Waals surface area contributed by atoms with Gasteiger partial charge < -0.3 is 16.4 Å². The summed E-state index contributed by atoms with van der Waals surface area (Å²) in [6.45, 7) is 3.95. The number of benzene rings is 2. The number of carbonyl (C=O) groups excluding carboxylic acids is 2. The first-order chi connectivity index (χ1) is 11.9. The van der Waals surface area contributed by atoms with E-state index >= 15 is 0 Å². The number of hydrogen-bond acceptors (Lipinski definition) is 3. The summed E-state index contributed by atoms with van der Waals surface area (Å²) in [6.07, 6.45) is 0. The summed E-state index contributed by atoms with van der Waals surface area (Å²) in [5, 5.41) is 5.64. The molecule has 2 aromatic carbocycles. The lowest BCUT2D eigenvalue weighted by atomic mass is 10.1. The fraction of sp³-hybridized carbons (Fsp3) is 0.263. The van der Waals surface area contributed by atoms with Crippen molar-refractivity contribution in [3.8, 4) is 0 Å². The molecule has 0 saturated carbocycles. The van der Waals surface area contributed by atoms with Gasteiger partial charge in [-0.05, 0) is 48.9 Å². The molecule has 2 atom stereocenters. The van der Waals surface area contributed by atoms with Gasteiger partial charge in [-0.3, -0.25) is 9.59 Å². The Hall–Kier alpha value is -2.73. The fourth-order valence-corrected chi connectivity index (χ4v) is 2.21. The van der Waals surface area contributed by atoms with Gasteiger partial charge >= 0.3 is 0 Å². The summed E-state index contributed by atoms with van der Waals surface area (Å²) >= 11 is 0. The molecule has 0 bridgehead atoms. The molecule has 2 unspecified atom stereocenters. The quantitative estimate of drug-likeness (QED) is 0.754. The highest BCUT2D eigenvalue weighted by molar-refractivity contribution is 6.04. The van der Waals surface area contributed by atoms with Crippen LogP contribution in [0.2, 0.25) is 0 Å². The predicted molar refractivity (Wildman–Crippen MR) is 95.6 cm³/mol. The Balaban J connectivity index is 1.98. The van der Waals surface area contributed by atoms with Crippen LogP contribution in [0.1, 0.15) is 35.8 Å². The summed E-state index contributed by atoms with van der Waals surface area (Å²) in [7, 11) is 0. The van der Waals surface area contributed by atoms with Crippen LogP contribution in [0.15, 0.2) is 48.5 Å². The van der Waals surface area contributed by atoms with Crippen LogP contribution >= 0.6 is 0 Å². The third kappa shape index (κ3) is 5.12. The number of nitrogens with one attached hydrogen (secondary N) is 2. The second kappa shape index (κ2) is 8.39. The molecule has 0 spiro atoms. The van der Waals surface area contributed by atoms with Crippen molar-refractivity contribution in [2.24, 2.45) is 11.7 Å². The normalized spacial score (nSPS) is 13.0. The van der Waals surface area contributed by atoms with Crippen molar-refractivity contribution in [2.45, 2.75) is 19.9 Å². The number of hydrogen-bond donors (Lipinski definition) is 3. The lowest BCUT2D eigenvalue weighted by Crippen LogP contribution is -2.34. The molecule has 0 heterocycles. The van der Waals surface area contributed by atoms with Crippen molar-refractivity contribution < 1.29 is 14.0 Å². The van der Waals surface area contributed by atoms with Crippen LogP contribution in [-0.4, -0.2) is 18.4 Å². The van der Waals surface area contributed by atoms with E-state index in [9.17, 15) is 14.0 Å². The maximum Gasteiger partial charge on any atom is 0.255 e. The van der Waals surface area contributed by atoms with Crippen LogP contribution in [0.3, 0.4) is 0 Å². The van der Waals surface area contributed by atoms with Crippen molar-refractivity contribution in [2.75, 3.05) is 11.9 Å². The van der Waals surface area contributed by atoms with Crippen LogP contribution in [0.4, 0.5) is 10.1 Å². The first-order valence-electron chi connectivity index (χ1n) is 8.08. The average molecular weight is 343 g/mol. The van der Waals surface area contributed by atoms with E-state index < -0.39 is 0 Å². The van der Waals surface area contributed by atoms with Gasteiger partial charge in [0.25, 0.3) is 5.91 Å². The number of nitrogens with two attached hydrogens (primary N) is 1. The van der Waals surface area contributed by atoms with Crippen LogP contribution in [-0.2, 0) is 4.79 Å². The van der Waals surface area contributed by atoms with E-state index in [1.165, 1.54) is 24.3 Å². The molecule has 0 aliphatic heterocycles. The van der Waals surface area contributed by atoms with Gasteiger partial charge in [0.2, 0.25) is 5.91 Å². The van der Waals surface area contributed by atoms with E-state index in [2.05, 4.69) is 10.6 Å². The molecule has 0 radical (unpaired) electrons. The topological polar surface area (TPSA) is 84.2 Å². The van der Waals surface area contributed by atoms with Gasteiger partial charge in [0.1, 0.15) is 5.82 Å². The van der Waals surface area contributed by atoms with Crippen LogP contribution < -0.4 is 16.4 Å². The zero-order valence-corrected chi connectivity index (χ0v) is 14.3. The van der Waals surface area contributed by atoms with Crippen molar-refractivity contribution in [1.29, 1.82) is 0 Å². The summed E-state index contributed by atoms with van der Waals surface area (Å²) in [4.78, 5) is 24.0. The minimum atomic E-state index is -0.388. The number of anilines is 1. The van der Waals surface area contributed by atoms with E-state index in [1.54, 1.807) is 19.1 Å². The van der Waals surface area contributed by atoms with Crippen LogP contribution in [0.25, 0.3) is 0 Å². The fourth-order valence-electron chi connectivity index (χ4n) is 2.21. The first kappa shape index (κ1) is 18.6. The van der Waals surface area contributed by atoms with E-state index in [0.717, 1.165) is 5.56 Å². The Morgan fingerprint density at radius 1 is 1.04 bits per heavy atom. The number of carbonyl (C=O) groups is 2. The molecule has 2 aromatic rings. The highest BCUT2D eigenvalue weighted by Gasteiger charge is 2.15. The smallest absolute Gasteiger partial charge is 0.255 e. The third-order valence-electron chi connectivity index (χ3n) is 3.93. The van der Waals surface area contributed by atoms with Crippen molar-refractivity contribution in [3.63, 3.8) is 0 Å². The zero-order chi connectivity index (χ0) is 18.4. The molecule has 0 aliphatic carbocycles. The molecule has 0 aliphatic rings. The van der Waals surface area contributed by atoms with Gasteiger partial charge in [0.05, 0.1) is 6.04 Å². The van der Waals surface area contributed by atoms with E-state index in [1.807, 2.05) is 19.1 Å². The molecule has 0 saturated heterocycles. The van der Waals surface area contributed by atoms with Gasteiger partial charge in [-0.1, -0.05) is 19.1 Å². The second-order valence-corrected chi connectivity index (χ2v) is 5.95. The van der Waals surface area contributed by atoms with Crippen molar-refractivity contribution >= 4 is 17.5 Å². The van der Waals surface area contributed by atoms with E-state index in [0.29, 0.717) is 17.8 Å². The Kier molecular flexibility index (Phi) is 6.25. The molecular formula is C19H22FN3O2. The van der Waals surface area contributed by atoms with Gasteiger partial charge in [-0.15, -0.1) is 0 Å². The predicted octanol–water partition coefficient (Wildman–Crippen LogP) is 2.85. The van der Waals surface area contributed by atoms with Gasteiger partial charge in [-0.25, -0.2) is 4.39 Å². The van der Waals surface area contributed by atoms with Gasteiger partial charge in [-0.2, -0.15) is 0 Å². The number of rotatable bonds is 6. The Morgan fingerprint density at radius 3 is 2.20 bits per heavy atom. The molecular weight excluding hydrogens is 321 g/mol. The summed E-state index contributed by atoms with van der Waals surface area (Å²) in [5.74, 6) is -1.04. The second-order valence-electron chi connectivity index (χ2n) is 5.95. The van der Waals surface area contributed by atoms with Crippen molar-refractivity contribution in [3.05, 3.63) is 65.5 Å². The molecule has 6 heteroatoms. The molecule has 0 fully saturated rings. The maximum atomic E-state index is 12.9. The number of halogens is 1. The molecule has 2 amide bonds. The molecule has 0 aromatic heterocycles. The first-order valence-corrected chi connectivity index (χ1v) is 8.08. The maximum absolute atomic E-state index is 12.9. The average Bonchev–Trinajstić information content (AvgIpc) is 2.61. The lowest BCUT2D eigenvalue weighted by Gasteiger charge is -2.17. The molecule has 132 valence electrons. The monoisotopic (exact) mass is 343 g/mol. The largest absolute Gasteiger partial charge is 0.349 e. The van der Waals surface area contributed by atoms with Crippen LogP contribution in [0.5, 0.6) is 0 Å². The minimum Gasteiger partial charge on any atom is -0.349 e. The lowest BCUT2D eigenvalue weighted by molar-refractivity contribution is -0.124. The molecule has 5 nitrogen and oxygen atoms in total. The summed E-state index contributed by atoms with van der Waals surface area (Å²) < 4.78 is 12.9. The summed E-state index contributed by atoms with van der Waals surface area (Å²) in [5.41, 5.74) is 7.40. The highest BCUT2D eigenvalue weighted by Crippen LogP contribution is 2.17. The van der Waals surface area contributed by atoms with Gasteiger partial charge in [0, 0.05) is 23.7 Å². The van der Waals surface area contributed by atoms with Crippen LogP contribution in [0, 0.1) is 11.7 Å². The van der Waals surface area contributed by atoms with E-state index in [4.69, 9.17) is 5.73 Å². The summed E-state index contributed by atoms with van der Waals surface area (Å²) in [6, 6.07) is 12.3. The number of amides is 2.